The lowest BCUT2D eigenvalue weighted by molar-refractivity contribution is -0.134. The number of nitrogens with one attached hydrogen (secondary N) is 1. The number of benzene rings is 1. The van der Waals surface area contributed by atoms with Crippen LogP contribution in [0.2, 0.25) is 5.02 Å². The third-order valence-electron chi connectivity index (χ3n) is 5.81. The van der Waals surface area contributed by atoms with Crippen molar-refractivity contribution in [2.75, 3.05) is 18.4 Å². The summed E-state index contributed by atoms with van der Waals surface area (Å²) in [6.07, 6.45) is 6.10. The lowest BCUT2D eigenvalue weighted by Crippen LogP contribution is -2.42. The zero-order valence-electron chi connectivity index (χ0n) is 17.0. The van der Waals surface area contributed by atoms with Crippen LogP contribution in [0.5, 0.6) is 0 Å². The van der Waals surface area contributed by atoms with E-state index in [-0.39, 0.29) is 29.1 Å². The van der Waals surface area contributed by atoms with Crippen molar-refractivity contribution in [3.05, 3.63) is 28.8 Å². The van der Waals surface area contributed by atoms with Crippen LogP contribution < -0.4 is 11.1 Å². The van der Waals surface area contributed by atoms with Crippen molar-refractivity contribution in [1.82, 2.24) is 4.90 Å². The fraction of sp³-hybridized carbons (Fsp3) is 0.636. The highest BCUT2D eigenvalue weighted by Gasteiger charge is 2.35. The Balaban J connectivity index is 1.74. The van der Waals surface area contributed by atoms with Crippen molar-refractivity contribution in [2.45, 2.75) is 58.9 Å². The summed E-state index contributed by atoms with van der Waals surface area (Å²) >= 11 is 6.43. The van der Waals surface area contributed by atoms with E-state index in [1.165, 1.54) is 0 Å². The highest BCUT2D eigenvalue weighted by atomic mass is 35.5. The van der Waals surface area contributed by atoms with E-state index in [1.54, 1.807) is 6.07 Å². The minimum absolute atomic E-state index is 0.0842. The number of anilines is 1. The normalized spacial score (nSPS) is 17.6. The van der Waals surface area contributed by atoms with Crippen LogP contribution in [0.3, 0.4) is 0 Å². The molecule has 1 aromatic rings. The number of halogens is 1. The monoisotopic (exact) mass is 405 g/mol. The Hall–Kier alpha value is -1.59. The van der Waals surface area contributed by atoms with Gasteiger partial charge >= 0.3 is 0 Å². The second-order valence-electron chi connectivity index (χ2n) is 9.11. The van der Waals surface area contributed by atoms with Crippen molar-refractivity contribution >= 4 is 29.1 Å². The van der Waals surface area contributed by atoms with E-state index in [9.17, 15) is 9.59 Å². The quantitative estimate of drug-likeness (QED) is 0.680. The molecule has 2 amide bonds. The zero-order valence-corrected chi connectivity index (χ0v) is 17.7. The molecule has 154 valence electrons. The van der Waals surface area contributed by atoms with Gasteiger partial charge in [0.25, 0.3) is 0 Å². The first kappa shape index (κ1) is 21.1. The molecule has 0 unspecified atom stereocenters. The Morgan fingerprint density at radius 1 is 1.18 bits per heavy atom. The van der Waals surface area contributed by atoms with E-state index >= 15 is 0 Å². The third kappa shape index (κ3) is 5.48. The molecule has 6 heteroatoms. The predicted molar refractivity (Wildman–Crippen MR) is 113 cm³/mol. The van der Waals surface area contributed by atoms with Crippen LogP contribution in [0.1, 0.15) is 57.9 Å². The van der Waals surface area contributed by atoms with Crippen LogP contribution in [-0.2, 0) is 16.1 Å². The Morgan fingerprint density at radius 3 is 2.46 bits per heavy atom. The molecule has 2 saturated carbocycles. The van der Waals surface area contributed by atoms with E-state index < -0.39 is 0 Å². The van der Waals surface area contributed by atoms with E-state index in [4.69, 9.17) is 17.3 Å². The highest BCUT2D eigenvalue weighted by molar-refractivity contribution is 6.31. The van der Waals surface area contributed by atoms with Gasteiger partial charge in [-0.25, -0.2) is 0 Å². The largest absolute Gasteiger partial charge is 0.337 e. The maximum absolute atomic E-state index is 12.8. The predicted octanol–water partition coefficient (Wildman–Crippen LogP) is 4.19. The molecule has 3 rings (SSSR count). The van der Waals surface area contributed by atoms with Crippen molar-refractivity contribution in [3.8, 4) is 0 Å². The lowest BCUT2D eigenvalue weighted by Gasteiger charge is -2.32. The van der Waals surface area contributed by atoms with Crippen LogP contribution >= 0.6 is 11.6 Å². The molecule has 0 radical (unpaired) electrons. The smallest absolute Gasteiger partial charge is 0.227 e. The molecular weight excluding hydrogens is 374 g/mol. The first-order valence-corrected chi connectivity index (χ1v) is 10.7. The fourth-order valence-electron chi connectivity index (χ4n) is 3.79. The average molecular weight is 406 g/mol. The average Bonchev–Trinajstić information content (AvgIpc) is 3.36. The maximum Gasteiger partial charge on any atom is 0.227 e. The van der Waals surface area contributed by atoms with Gasteiger partial charge in [0, 0.05) is 35.6 Å². The van der Waals surface area contributed by atoms with Crippen LogP contribution in [-0.4, -0.2) is 29.8 Å². The zero-order chi connectivity index (χ0) is 20.3. The number of carbonyl (C=O) groups is 2. The van der Waals surface area contributed by atoms with Gasteiger partial charge in [-0.3, -0.25) is 9.59 Å². The molecule has 28 heavy (non-hydrogen) atoms. The molecule has 0 atom stereocenters. The summed E-state index contributed by atoms with van der Waals surface area (Å²) in [4.78, 5) is 27.1. The summed E-state index contributed by atoms with van der Waals surface area (Å²) in [5.41, 5.74) is 7.33. The van der Waals surface area contributed by atoms with Crippen LogP contribution in [0.15, 0.2) is 18.2 Å². The fourth-order valence-corrected chi connectivity index (χ4v) is 3.97. The second kappa shape index (κ2) is 8.83. The highest BCUT2D eigenvalue weighted by Crippen LogP contribution is 2.34. The van der Waals surface area contributed by atoms with Gasteiger partial charge < -0.3 is 16.0 Å². The SMILES string of the molecule is CC(C)(CN)CN(Cc1cc(NC(=O)C2CCCC2)ccc1Cl)C(=O)C1CC1. The first-order valence-electron chi connectivity index (χ1n) is 10.4. The minimum atomic E-state index is -0.161. The number of hydrogen-bond acceptors (Lipinski definition) is 3. The second-order valence-corrected chi connectivity index (χ2v) is 9.52. The minimum Gasteiger partial charge on any atom is -0.337 e. The van der Waals surface area contributed by atoms with Gasteiger partial charge in [0.2, 0.25) is 11.8 Å². The van der Waals surface area contributed by atoms with E-state index in [0.717, 1.165) is 49.8 Å². The van der Waals surface area contributed by atoms with Gasteiger partial charge in [-0.05, 0) is 61.4 Å². The standard InChI is InChI=1S/C22H32ClN3O2/c1-22(2,13-24)14-26(21(28)16-7-8-16)12-17-11-18(9-10-19(17)23)25-20(27)15-5-3-4-6-15/h9-11,15-16H,3-8,12-14,24H2,1-2H3,(H,25,27). The molecule has 0 bridgehead atoms. The number of rotatable bonds is 8. The van der Waals surface area contributed by atoms with Gasteiger partial charge in [0.05, 0.1) is 0 Å². The molecule has 3 N–H and O–H groups in total. The molecule has 5 nitrogen and oxygen atoms in total. The number of nitrogens with two attached hydrogens (primary N) is 1. The van der Waals surface area contributed by atoms with Gasteiger partial charge in [0.1, 0.15) is 0 Å². The summed E-state index contributed by atoms with van der Waals surface area (Å²) < 4.78 is 0. The van der Waals surface area contributed by atoms with Crippen molar-refractivity contribution in [2.24, 2.45) is 23.0 Å². The van der Waals surface area contributed by atoms with Crippen LogP contribution in [0.4, 0.5) is 5.69 Å². The summed E-state index contributed by atoms with van der Waals surface area (Å²) in [7, 11) is 0. The maximum atomic E-state index is 12.8. The molecular formula is C22H32ClN3O2. The van der Waals surface area contributed by atoms with Crippen molar-refractivity contribution in [3.63, 3.8) is 0 Å². The van der Waals surface area contributed by atoms with Gasteiger partial charge in [-0.1, -0.05) is 38.3 Å². The van der Waals surface area contributed by atoms with E-state index in [2.05, 4.69) is 19.2 Å². The third-order valence-corrected chi connectivity index (χ3v) is 6.18. The summed E-state index contributed by atoms with van der Waals surface area (Å²) in [6, 6.07) is 5.53. The first-order chi connectivity index (χ1) is 13.3. The molecule has 2 aliphatic carbocycles. The Kier molecular flexibility index (Phi) is 6.66. The van der Waals surface area contributed by atoms with Crippen molar-refractivity contribution in [1.29, 1.82) is 0 Å². The van der Waals surface area contributed by atoms with E-state index in [0.29, 0.717) is 24.7 Å². The topological polar surface area (TPSA) is 75.4 Å². The van der Waals surface area contributed by atoms with Crippen LogP contribution in [0, 0.1) is 17.3 Å². The number of amides is 2. The Bertz CT molecular complexity index is 724. The molecule has 0 aliphatic heterocycles. The van der Waals surface area contributed by atoms with Crippen molar-refractivity contribution < 1.29 is 9.59 Å². The van der Waals surface area contributed by atoms with Gasteiger partial charge in [0.15, 0.2) is 0 Å². The number of hydrogen-bond donors (Lipinski definition) is 2. The Labute approximate surface area is 173 Å². The number of carbonyl (C=O) groups excluding carboxylic acids is 2. The molecule has 0 spiro atoms. The molecule has 1 aromatic carbocycles. The summed E-state index contributed by atoms with van der Waals surface area (Å²) in [5, 5.41) is 3.64. The van der Waals surface area contributed by atoms with Gasteiger partial charge in [-0.15, -0.1) is 0 Å². The van der Waals surface area contributed by atoms with Crippen LogP contribution in [0.25, 0.3) is 0 Å². The van der Waals surface area contributed by atoms with E-state index in [1.807, 2.05) is 17.0 Å². The molecule has 0 saturated heterocycles. The molecule has 0 aromatic heterocycles. The molecule has 2 fully saturated rings. The van der Waals surface area contributed by atoms with Gasteiger partial charge in [-0.2, -0.15) is 0 Å². The number of nitrogens with zero attached hydrogens (tertiary/aromatic N) is 1. The summed E-state index contributed by atoms with van der Waals surface area (Å²) in [5.74, 6) is 0.508. The lowest BCUT2D eigenvalue weighted by atomic mass is 9.92. The molecule has 0 heterocycles. The Morgan fingerprint density at radius 2 is 1.86 bits per heavy atom. The summed E-state index contributed by atoms with van der Waals surface area (Å²) in [6.45, 7) is 5.67. The molecule has 2 aliphatic rings.